The minimum Gasteiger partial charge on any atom is -0.508 e. The molecule has 5 rings (SSSR count). The molecule has 2 N–H and O–H groups in total. The molecule has 2 aliphatic rings. The van der Waals surface area contributed by atoms with Crippen LogP contribution in [0, 0.1) is 0 Å². The molecule has 2 aromatic carbocycles. The van der Waals surface area contributed by atoms with Crippen LogP contribution >= 0.6 is 0 Å². The maximum Gasteiger partial charge on any atom is 0.273 e. The van der Waals surface area contributed by atoms with Gasteiger partial charge < -0.3 is 14.7 Å². The molecule has 1 saturated carbocycles. The Balaban J connectivity index is 1.63. The van der Waals surface area contributed by atoms with E-state index in [4.69, 9.17) is 4.74 Å². The van der Waals surface area contributed by atoms with Crippen molar-refractivity contribution in [1.82, 2.24) is 15.1 Å². The highest BCUT2D eigenvalue weighted by Gasteiger charge is 2.45. The molecule has 1 unspecified atom stereocenters. The lowest BCUT2D eigenvalue weighted by molar-refractivity contribution is 0.0606. The van der Waals surface area contributed by atoms with Crippen molar-refractivity contribution in [3.05, 3.63) is 65.4 Å². The molecular formula is C24H25N3O3. The highest BCUT2D eigenvalue weighted by Crippen LogP contribution is 2.46. The fourth-order valence-electron chi connectivity index (χ4n) is 4.85. The maximum absolute atomic E-state index is 13.5. The van der Waals surface area contributed by atoms with Gasteiger partial charge in [-0.05, 0) is 54.8 Å². The number of aromatic hydroxyl groups is 1. The van der Waals surface area contributed by atoms with Crippen LogP contribution in [0.1, 0.15) is 59.8 Å². The van der Waals surface area contributed by atoms with Crippen molar-refractivity contribution in [3.8, 4) is 22.8 Å². The Bertz CT molecular complexity index is 1050. The van der Waals surface area contributed by atoms with Crippen molar-refractivity contribution in [3.63, 3.8) is 0 Å². The molecule has 1 fully saturated rings. The first-order chi connectivity index (χ1) is 14.7. The first-order valence-corrected chi connectivity index (χ1v) is 10.5. The van der Waals surface area contributed by atoms with E-state index in [1.54, 1.807) is 19.2 Å². The van der Waals surface area contributed by atoms with E-state index in [0.29, 0.717) is 5.69 Å². The number of methoxy groups -OCH3 is 1. The standard InChI is InChI=1S/C24H25N3O3/c1-30-19-13-9-15(10-14-19)21-20-22(26-25-21)24(29)27(17-5-3-2-4-6-17)23(20)16-7-11-18(28)12-8-16/h7-14,17,23,28H,2-6H2,1H3,(H,25,26). The van der Waals surface area contributed by atoms with Crippen LogP contribution in [0.15, 0.2) is 48.5 Å². The molecule has 6 nitrogen and oxygen atoms in total. The Labute approximate surface area is 175 Å². The molecule has 0 spiro atoms. The van der Waals surface area contributed by atoms with Crippen LogP contribution in [-0.2, 0) is 0 Å². The summed E-state index contributed by atoms with van der Waals surface area (Å²) in [7, 11) is 1.64. The molecule has 1 amide bonds. The van der Waals surface area contributed by atoms with Gasteiger partial charge in [-0.1, -0.05) is 31.4 Å². The molecule has 1 aliphatic carbocycles. The van der Waals surface area contributed by atoms with Crippen molar-refractivity contribution in [2.24, 2.45) is 0 Å². The lowest BCUT2D eigenvalue weighted by atomic mass is 9.91. The van der Waals surface area contributed by atoms with Crippen LogP contribution in [0.4, 0.5) is 0 Å². The van der Waals surface area contributed by atoms with Gasteiger partial charge in [0.15, 0.2) is 0 Å². The number of ether oxygens (including phenoxy) is 1. The quantitative estimate of drug-likeness (QED) is 0.664. The SMILES string of the molecule is COc1ccc(-c2n[nH]c3c2C(c2ccc(O)cc2)N(C2CCCCC2)C3=O)cc1. The van der Waals surface area contributed by atoms with Crippen LogP contribution in [0.3, 0.4) is 0 Å². The topological polar surface area (TPSA) is 78.5 Å². The van der Waals surface area contributed by atoms with Crippen molar-refractivity contribution in [2.75, 3.05) is 7.11 Å². The number of carbonyl (C=O) groups excluding carboxylic acids is 1. The Morgan fingerprint density at radius 1 is 1.03 bits per heavy atom. The number of nitrogens with zero attached hydrogens (tertiary/aromatic N) is 2. The van der Waals surface area contributed by atoms with Crippen LogP contribution < -0.4 is 4.74 Å². The molecule has 1 aliphatic heterocycles. The summed E-state index contributed by atoms with van der Waals surface area (Å²) in [6.07, 6.45) is 5.57. The lowest BCUT2D eigenvalue weighted by Gasteiger charge is -2.36. The molecule has 1 aromatic heterocycles. The molecule has 3 aromatic rings. The van der Waals surface area contributed by atoms with E-state index in [-0.39, 0.29) is 23.7 Å². The number of phenols is 1. The minimum absolute atomic E-state index is 0.0160. The molecule has 0 radical (unpaired) electrons. The minimum atomic E-state index is -0.216. The number of H-pyrrole nitrogens is 1. The molecule has 1 atom stereocenters. The average Bonchev–Trinajstić information content (AvgIpc) is 3.34. The van der Waals surface area contributed by atoms with Crippen molar-refractivity contribution >= 4 is 5.91 Å². The largest absolute Gasteiger partial charge is 0.508 e. The van der Waals surface area contributed by atoms with E-state index in [9.17, 15) is 9.90 Å². The third kappa shape index (κ3) is 3.03. The van der Waals surface area contributed by atoms with Crippen molar-refractivity contribution in [2.45, 2.75) is 44.2 Å². The number of amides is 1. The molecule has 0 saturated heterocycles. The Morgan fingerprint density at radius 3 is 2.40 bits per heavy atom. The van der Waals surface area contributed by atoms with E-state index in [1.807, 2.05) is 41.3 Å². The third-order valence-corrected chi connectivity index (χ3v) is 6.34. The summed E-state index contributed by atoms with van der Waals surface area (Å²) in [6, 6.07) is 14.9. The molecule has 30 heavy (non-hydrogen) atoms. The predicted octanol–water partition coefficient (Wildman–Crippen LogP) is 4.67. The lowest BCUT2D eigenvalue weighted by Crippen LogP contribution is -2.40. The summed E-state index contributed by atoms with van der Waals surface area (Å²) in [6.45, 7) is 0. The first kappa shape index (κ1) is 18.7. The normalized spacial score (nSPS) is 19.2. The smallest absolute Gasteiger partial charge is 0.273 e. The van der Waals surface area contributed by atoms with E-state index in [0.717, 1.165) is 53.8 Å². The zero-order valence-corrected chi connectivity index (χ0v) is 17.0. The van der Waals surface area contributed by atoms with Crippen LogP contribution in [0.5, 0.6) is 11.5 Å². The fraction of sp³-hybridized carbons (Fsp3) is 0.333. The van der Waals surface area contributed by atoms with Gasteiger partial charge >= 0.3 is 0 Å². The summed E-state index contributed by atoms with van der Waals surface area (Å²) in [5.74, 6) is 1.01. The molecule has 154 valence electrons. The number of hydrogen-bond donors (Lipinski definition) is 2. The van der Waals surface area contributed by atoms with Gasteiger partial charge in [0.05, 0.1) is 18.8 Å². The van der Waals surface area contributed by atoms with Gasteiger partial charge in [-0.15, -0.1) is 0 Å². The van der Waals surface area contributed by atoms with Crippen LogP contribution in [0.2, 0.25) is 0 Å². The number of phenolic OH excluding ortho intramolecular Hbond substituents is 1. The highest BCUT2D eigenvalue weighted by atomic mass is 16.5. The number of fused-ring (bicyclic) bond motifs is 1. The number of carbonyl (C=O) groups is 1. The van der Waals surface area contributed by atoms with Gasteiger partial charge in [0.1, 0.15) is 17.2 Å². The number of aromatic amines is 1. The van der Waals surface area contributed by atoms with Gasteiger partial charge in [-0.3, -0.25) is 9.89 Å². The van der Waals surface area contributed by atoms with E-state index < -0.39 is 0 Å². The Kier molecular flexibility index (Phi) is 4.69. The number of benzene rings is 2. The maximum atomic E-state index is 13.5. The van der Waals surface area contributed by atoms with Crippen LogP contribution in [0.25, 0.3) is 11.3 Å². The van der Waals surface area contributed by atoms with Gasteiger partial charge in [0, 0.05) is 17.2 Å². The Morgan fingerprint density at radius 2 is 1.73 bits per heavy atom. The van der Waals surface area contributed by atoms with Gasteiger partial charge in [-0.25, -0.2) is 0 Å². The van der Waals surface area contributed by atoms with E-state index in [2.05, 4.69) is 10.2 Å². The second-order valence-corrected chi connectivity index (χ2v) is 8.09. The van der Waals surface area contributed by atoms with Gasteiger partial charge in [-0.2, -0.15) is 5.10 Å². The number of hydrogen-bond acceptors (Lipinski definition) is 4. The summed E-state index contributed by atoms with van der Waals surface area (Å²) in [5, 5.41) is 17.3. The number of nitrogens with one attached hydrogen (secondary N) is 1. The molecular weight excluding hydrogens is 378 g/mol. The number of aromatic nitrogens is 2. The van der Waals surface area contributed by atoms with Crippen LogP contribution in [-0.4, -0.2) is 39.3 Å². The second-order valence-electron chi connectivity index (χ2n) is 8.09. The van der Waals surface area contributed by atoms with Gasteiger partial charge in [0.25, 0.3) is 5.91 Å². The fourth-order valence-corrected chi connectivity index (χ4v) is 4.85. The average molecular weight is 403 g/mol. The number of rotatable bonds is 4. The molecule has 2 heterocycles. The summed E-state index contributed by atoms with van der Waals surface area (Å²) < 4.78 is 5.28. The van der Waals surface area contributed by atoms with Crippen molar-refractivity contribution < 1.29 is 14.6 Å². The molecule has 6 heteroatoms. The molecule has 0 bridgehead atoms. The van der Waals surface area contributed by atoms with Gasteiger partial charge in [0.2, 0.25) is 0 Å². The third-order valence-electron chi connectivity index (χ3n) is 6.34. The first-order valence-electron chi connectivity index (χ1n) is 10.5. The predicted molar refractivity (Wildman–Crippen MR) is 114 cm³/mol. The highest BCUT2D eigenvalue weighted by molar-refractivity contribution is 6.00. The monoisotopic (exact) mass is 403 g/mol. The summed E-state index contributed by atoms with van der Waals surface area (Å²) in [4.78, 5) is 15.5. The summed E-state index contributed by atoms with van der Waals surface area (Å²) >= 11 is 0. The Hall–Kier alpha value is -3.28. The van der Waals surface area contributed by atoms with E-state index >= 15 is 0 Å². The van der Waals surface area contributed by atoms with Crippen molar-refractivity contribution in [1.29, 1.82) is 0 Å². The summed E-state index contributed by atoms with van der Waals surface area (Å²) in [5.41, 5.74) is 4.21. The van der Waals surface area contributed by atoms with E-state index in [1.165, 1.54) is 6.42 Å². The second kappa shape index (κ2) is 7.52. The zero-order valence-electron chi connectivity index (χ0n) is 17.0. The zero-order chi connectivity index (χ0) is 20.7.